The lowest BCUT2D eigenvalue weighted by Gasteiger charge is -2.36. The van der Waals surface area contributed by atoms with Crippen LogP contribution in [-0.4, -0.2) is 46.8 Å². The van der Waals surface area contributed by atoms with Crippen molar-refractivity contribution in [2.45, 2.75) is 0 Å². The van der Waals surface area contributed by atoms with Gasteiger partial charge in [-0.15, -0.1) is 0 Å². The zero-order valence-corrected chi connectivity index (χ0v) is 15.8. The fraction of sp³-hybridized carbons (Fsp3) is 0.238. The molecule has 0 spiro atoms. The minimum atomic E-state index is -0.460. The van der Waals surface area contributed by atoms with Gasteiger partial charge in [0.2, 0.25) is 0 Å². The van der Waals surface area contributed by atoms with Crippen LogP contribution in [0.2, 0.25) is 0 Å². The SMILES string of the molecule is Cn1nc(C(=O)N2CCN(c3cc(F)cc(C#N)c3)CC2)c2ccccc2c1=O. The maximum absolute atomic E-state index is 13.7. The maximum Gasteiger partial charge on any atom is 0.275 e. The summed E-state index contributed by atoms with van der Waals surface area (Å²) in [5.41, 5.74) is 0.883. The van der Waals surface area contributed by atoms with Crippen molar-refractivity contribution in [2.75, 3.05) is 31.1 Å². The predicted molar refractivity (Wildman–Crippen MR) is 106 cm³/mol. The number of nitrogens with zero attached hydrogens (tertiary/aromatic N) is 5. The second-order valence-electron chi connectivity index (χ2n) is 6.91. The number of hydrogen-bond acceptors (Lipinski definition) is 5. The van der Waals surface area contributed by atoms with Crippen molar-refractivity contribution in [1.82, 2.24) is 14.7 Å². The molecule has 0 aliphatic carbocycles. The fourth-order valence-corrected chi connectivity index (χ4v) is 3.60. The molecule has 0 radical (unpaired) electrons. The van der Waals surface area contributed by atoms with Gasteiger partial charge in [0.1, 0.15) is 5.82 Å². The smallest absolute Gasteiger partial charge is 0.275 e. The Morgan fingerprint density at radius 1 is 1.10 bits per heavy atom. The number of carbonyl (C=O) groups excluding carboxylic acids is 1. The molecule has 1 saturated heterocycles. The van der Waals surface area contributed by atoms with Gasteiger partial charge in [0.05, 0.1) is 17.0 Å². The van der Waals surface area contributed by atoms with Crippen LogP contribution in [0, 0.1) is 17.1 Å². The number of hydrogen-bond donors (Lipinski definition) is 0. The van der Waals surface area contributed by atoms with Crippen LogP contribution in [0.1, 0.15) is 16.1 Å². The maximum atomic E-state index is 13.7. The lowest BCUT2D eigenvalue weighted by Crippen LogP contribution is -2.49. The van der Waals surface area contributed by atoms with Gasteiger partial charge in [0, 0.05) is 44.3 Å². The van der Waals surface area contributed by atoms with Crippen molar-refractivity contribution in [2.24, 2.45) is 7.05 Å². The van der Waals surface area contributed by atoms with Crippen molar-refractivity contribution in [1.29, 1.82) is 5.26 Å². The van der Waals surface area contributed by atoms with Gasteiger partial charge >= 0.3 is 0 Å². The summed E-state index contributed by atoms with van der Waals surface area (Å²) in [5.74, 6) is -0.702. The fourth-order valence-electron chi connectivity index (χ4n) is 3.60. The molecule has 8 heteroatoms. The van der Waals surface area contributed by atoms with E-state index in [-0.39, 0.29) is 22.7 Å². The van der Waals surface area contributed by atoms with E-state index in [0.717, 1.165) is 0 Å². The van der Waals surface area contributed by atoms with Crippen LogP contribution in [-0.2, 0) is 7.05 Å². The second-order valence-corrected chi connectivity index (χ2v) is 6.91. The third-order valence-electron chi connectivity index (χ3n) is 5.10. The number of amides is 1. The highest BCUT2D eigenvalue weighted by Gasteiger charge is 2.26. The summed E-state index contributed by atoms with van der Waals surface area (Å²) < 4.78 is 14.9. The molecular weight excluding hydrogens is 373 g/mol. The topological polar surface area (TPSA) is 82.2 Å². The first-order valence-corrected chi connectivity index (χ1v) is 9.19. The molecule has 0 bridgehead atoms. The van der Waals surface area contributed by atoms with Gasteiger partial charge in [-0.05, 0) is 24.3 Å². The van der Waals surface area contributed by atoms with Crippen LogP contribution >= 0.6 is 0 Å². The number of anilines is 1. The van der Waals surface area contributed by atoms with E-state index >= 15 is 0 Å². The Kier molecular flexibility index (Phi) is 4.72. The molecule has 0 unspecified atom stereocenters. The normalized spacial score (nSPS) is 14.1. The molecule has 0 atom stereocenters. The van der Waals surface area contributed by atoms with Crippen LogP contribution in [0.25, 0.3) is 10.8 Å². The first-order valence-electron chi connectivity index (χ1n) is 9.19. The van der Waals surface area contributed by atoms with E-state index in [1.165, 1.54) is 23.9 Å². The Morgan fingerprint density at radius 3 is 2.48 bits per heavy atom. The molecule has 146 valence electrons. The zero-order chi connectivity index (χ0) is 20.5. The monoisotopic (exact) mass is 391 g/mol. The highest BCUT2D eigenvalue weighted by Crippen LogP contribution is 2.21. The number of carbonyl (C=O) groups is 1. The number of rotatable bonds is 2. The number of nitriles is 1. The summed E-state index contributed by atoms with van der Waals surface area (Å²) in [6.45, 7) is 1.86. The van der Waals surface area contributed by atoms with E-state index in [2.05, 4.69) is 5.10 Å². The predicted octanol–water partition coefficient (Wildman–Crippen LogP) is 1.91. The van der Waals surface area contributed by atoms with Gasteiger partial charge in [-0.1, -0.05) is 18.2 Å². The van der Waals surface area contributed by atoms with Crippen LogP contribution in [0.15, 0.2) is 47.3 Å². The van der Waals surface area contributed by atoms with Crippen LogP contribution in [0.3, 0.4) is 0 Å². The highest BCUT2D eigenvalue weighted by atomic mass is 19.1. The van der Waals surface area contributed by atoms with E-state index in [1.807, 2.05) is 11.0 Å². The van der Waals surface area contributed by atoms with Crippen molar-refractivity contribution >= 4 is 22.4 Å². The molecule has 29 heavy (non-hydrogen) atoms. The van der Waals surface area contributed by atoms with Gasteiger partial charge in [-0.25, -0.2) is 9.07 Å². The molecule has 1 amide bonds. The lowest BCUT2D eigenvalue weighted by atomic mass is 10.1. The molecule has 2 heterocycles. The van der Waals surface area contributed by atoms with Crippen LogP contribution in [0.5, 0.6) is 0 Å². The van der Waals surface area contributed by atoms with Crippen LogP contribution < -0.4 is 10.5 Å². The summed E-state index contributed by atoms with van der Waals surface area (Å²) in [5, 5.41) is 14.2. The van der Waals surface area contributed by atoms with Crippen molar-refractivity contribution < 1.29 is 9.18 Å². The molecule has 4 rings (SSSR count). The Hall–Kier alpha value is -3.73. The van der Waals surface area contributed by atoms with Crippen molar-refractivity contribution in [3.63, 3.8) is 0 Å². The number of halogens is 1. The molecule has 2 aromatic carbocycles. The Labute approximate surface area is 166 Å². The van der Waals surface area contributed by atoms with Crippen LogP contribution in [0.4, 0.5) is 10.1 Å². The Bertz CT molecular complexity index is 1210. The largest absolute Gasteiger partial charge is 0.368 e. The minimum absolute atomic E-state index is 0.242. The minimum Gasteiger partial charge on any atom is -0.368 e. The molecule has 7 nitrogen and oxygen atoms in total. The Morgan fingerprint density at radius 2 is 1.79 bits per heavy atom. The summed E-state index contributed by atoms with van der Waals surface area (Å²) in [6.07, 6.45) is 0. The van der Waals surface area contributed by atoms with Crippen molar-refractivity contribution in [3.05, 3.63) is 69.9 Å². The van der Waals surface area contributed by atoms with E-state index in [9.17, 15) is 14.0 Å². The molecule has 0 N–H and O–H groups in total. The molecule has 1 fully saturated rings. The first kappa shape index (κ1) is 18.6. The molecule has 3 aromatic rings. The average Bonchev–Trinajstić information content (AvgIpc) is 2.75. The van der Waals surface area contributed by atoms with E-state index in [4.69, 9.17) is 5.26 Å². The third-order valence-corrected chi connectivity index (χ3v) is 5.10. The number of piperazine rings is 1. The summed E-state index contributed by atoms with van der Waals surface area (Å²) in [7, 11) is 1.53. The quantitative estimate of drug-likeness (QED) is 0.667. The molecule has 0 saturated carbocycles. The van der Waals surface area contributed by atoms with Gasteiger partial charge in [0.15, 0.2) is 5.69 Å². The number of aromatic nitrogens is 2. The number of aryl methyl sites for hydroxylation is 1. The molecule has 1 aliphatic heterocycles. The van der Waals surface area contributed by atoms with Gasteiger partial charge in [0.25, 0.3) is 11.5 Å². The molecule has 1 aromatic heterocycles. The Balaban J connectivity index is 1.57. The van der Waals surface area contributed by atoms with Gasteiger partial charge in [-0.3, -0.25) is 9.59 Å². The zero-order valence-electron chi connectivity index (χ0n) is 15.8. The van der Waals surface area contributed by atoms with Gasteiger partial charge < -0.3 is 9.80 Å². The molecular formula is C21H18FN5O2. The lowest BCUT2D eigenvalue weighted by molar-refractivity contribution is 0.0740. The highest BCUT2D eigenvalue weighted by molar-refractivity contribution is 6.04. The standard InChI is InChI=1S/C21H18FN5O2/c1-25-20(28)18-5-3-2-4-17(18)19(24-25)21(29)27-8-6-26(7-9-27)16-11-14(13-23)10-15(22)12-16/h2-5,10-12H,6-9H2,1H3. The molecule has 1 aliphatic rings. The van der Waals surface area contributed by atoms with E-state index < -0.39 is 5.82 Å². The van der Waals surface area contributed by atoms with Gasteiger partial charge in [-0.2, -0.15) is 10.4 Å². The summed E-state index contributed by atoms with van der Waals surface area (Å²) >= 11 is 0. The van der Waals surface area contributed by atoms with E-state index in [0.29, 0.717) is 42.6 Å². The average molecular weight is 391 g/mol. The van der Waals surface area contributed by atoms with E-state index in [1.54, 1.807) is 35.2 Å². The number of benzene rings is 2. The number of fused-ring (bicyclic) bond motifs is 1. The summed E-state index contributed by atoms with van der Waals surface area (Å²) in [6, 6.07) is 13.1. The van der Waals surface area contributed by atoms with Crippen molar-refractivity contribution in [3.8, 4) is 6.07 Å². The second kappa shape index (κ2) is 7.36. The third kappa shape index (κ3) is 3.43. The first-order chi connectivity index (χ1) is 14.0. The summed E-state index contributed by atoms with van der Waals surface area (Å²) in [4.78, 5) is 29.0.